The van der Waals surface area contributed by atoms with Crippen LogP contribution in [0.15, 0.2) is 88.2 Å². The van der Waals surface area contributed by atoms with Crippen LogP contribution in [-0.4, -0.2) is 44.2 Å². The van der Waals surface area contributed by atoms with Gasteiger partial charge < -0.3 is 9.42 Å². The summed E-state index contributed by atoms with van der Waals surface area (Å²) >= 11 is 0. The molecule has 1 atom stereocenters. The zero-order chi connectivity index (χ0) is 30.1. The van der Waals surface area contributed by atoms with Gasteiger partial charge in [0.25, 0.3) is 0 Å². The molecule has 5 aromatic rings. The van der Waals surface area contributed by atoms with Crippen LogP contribution in [0.3, 0.4) is 0 Å². The smallest absolute Gasteiger partial charge is 0.339 e. The van der Waals surface area contributed by atoms with Crippen molar-refractivity contribution in [2.24, 2.45) is 0 Å². The largest absolute Gasteiger partial charge is 0.348 e. The van der Waals surface area contributed by atoms with Crippen LogP contribution in [0.1, 0.15) is 75.8 Å². The standard InChI is InChI=1S/C18H18N2O.C17H25N3O/c1-12(2)20-16-11-13(3)9-10-15(16)17(19-18(20)21)14-7-5-4-6-8-14;1-4-15(14-10-8-7-9-11-14)17-18-16(21-19-17)12-13-20(5-2)6-3/h4-12H,1-3H3;7-11,15H,4-6,12-13H2,1-3H3. The third-order valence-electron chi connectivity index (χ3n) is 7.59. The van der Waals surface area contributed by atoms with Crippen molar-refractivity contribution in [3.8, 4) is 11.3 Å². The topological polar surface area (TPSA) is 77.1 Å². The summed E-state index contributed by atoms with van der Waals surface area (Å²) in [6.45, 7) is 15.6. The van der Waals surface area contributed by atoms with E-state index in [0.717, 1.165) is 71.9 Å². The second-order valence-corrected chi connectivity index (χ2v) is 10.8. The maximum absolute atomic E-state index is 12.4. The van der Waals surface area contributed by atoms with Crippen molar-refractivity contribution in [2.45, 2.75) is 66.3 Å². The van der Waals surface area contributed by atoms with Gasteiger partial charge in [0.2, 0.25) is 5.89 Å². The Hall–Kier alpha value is -4.10. The van der Waals surface area contributed by atoms with Crippen LogP contribution in [0.4, 0.5) is 0 Å². The third kappa shape index (κ3) is 7.39. The lowest BCUT2D eigenvalue weighted by atomic mass is 9.96. The van der Waals surface area contributed by atoms with Gasteiger partial charge in [-0.3, -0.25) is 4.57 Å². The van der Waals surface area contributed by atoms with Crippen molar-refractivity contribution in [1.82, 2.24) is 24.6 Å². The van der Waals surface area contributed by atoms with E-state index >= 15 is 0 Å². The normalized spacial score (nSPS) is 12.0. The van der Waals surface area contributed by atoms with Crippen LogP contribution in [0.5, 0.6) is 0 Å². The number of aryl methyl sites for hydroxylation is 1. The molecule has 2 heterocycles. The Labute approximate surface area is 249 Å². The van der Waals surface area contributed by atoms with E-state index in [1.54, 1.807) is 4.57 Å². The molecule has 0 aliphatic heterocycles. The molecule has 42 heavy (non-hydrogen) atoms. The van der Waals surface area contributed by atoms with Crippen LogP contribution in [0, 0.1) is 6.92 Å². The molecule has 220 valence electrons. The molecule has 0 radical (unpaired) electrons. The van der Waals surface area contributed by atoms with Gasteiger partial charge in [0.15, 0.2) is 5.82 Å². The Morgan fingerprint density at radius 3 is 2.17 bits per heavy atom. The minimum Gasteiger partial charge on any atom is -0.339 e. The van der Waals surface area contributed by atoms with Crippen molar-refractivity contribution >= 4 is 10.9 Å². The fraction of sp³-hybridized carbons (Fsp3) is 0.371. The van der Waals surface area contributed by atoms with E-state index in [9.17, 15) is 4.79 Å². The number of hydrogen-bond acceptors (Lipinski definition) is 6. The summed E-state index contributed by atoms with van der Waals surface area (Å²) in [5.74, 6) is 1.77. The summed E-state index contributed by atoms with van der Waals surface area (Å²) in [6.07, 6.45) is 1.79. The van der Waals surface area contributed by atoms with Crippen LogP contribution in [0.2, 0.25) is 0 Å². The number of fused-ring (bicyclic) bond motifs is 1. The summed E-state index contributed by atoms with van der Waals surface area (Å²) in [5.41, 5.74) is 4.87. The van der Waals surface area contributed by atoms with Gasteiger partial charge in [0.05, 0.1) is 11.2 Å². The van der Waals surface area contributed by atoms with Crippen molar-refractivity contribution in [2.75, 3.05) is 19.6 Å². The highest BCUT2D eigenvalue weighted by Crippen LogP contribution is 2.27. The number of hydrogen-bond donors (Lipinski definition) is 0. The number of aromatic nitrogens is 4. The molecule has 7 heteroatoms. The molecular weight excluding hydrogens is 522 g/mol. The number of benzene rings is 3. The lowest BCUT2D eigenvalue weighted by molar-refractivity contribution is 0.286. The highest BCUT2D eigenvalue weighted by atomic mass is 16.5. The molecule has 0 spiro atoms. The number of likely N-dealkylation sites (N-methyl/N-ethyl adjacent to an activating group) is 1. The van der Waals surface area contributed by atoms with Gasteiger partial charge in [-0.25, -0.2) is 4.79 Å². The molecule has 2 aromatic heterocycles. The van der Waals surface area contributed by atoms with Gasteiger partial charge >= 0.3 is 5.69 Å². The van der Waals surface area contributed by atoms with E-state index in [1.807, 2.05) is 57.2 Å². The SMILES string of the molecule is CCC(c1ccccc1)c1noc(CCN(CC)CC)n1.Cc1ccc2c(-c3ccccc3)nc(=O)n(C(C)C)c2c1. The minimum absolute atomic E-state index is 0.0825. The van der Waals surface area contributed by atoms with Gasteiger partial charge in [-0.2, -0.15) is 9.97 Å². The van der Waals surface area contributed by atoms with Crippen molar-refractivity contribution in [3.63, 3.8) is 0 Å². The Balaban J connectivity index is 0.000000193. The lowest BCUT2D eigenvalue weighted by Crippen LogP contribution is -2.25. The quantitative estimate of drug-likeness (QED) is 0.175. The molecule has 3 aromatic carbocycles. The number of rotatable bonds is 10. The average molecular weight is 566 g/mol. The molecule has 0 saturated carbocycles. The van der Waals surface area contributed by atoms with E-state index in [-0.39, 0.29) is 17.6 Å². The highest BCUT2D eigenvalue weighted by Gasteiger charge is 2.19. The van der Waals surface area contributed by atoms with E-state index in [4.69, 9.17) is 4.52 Å². The van der Waals surface area contributed by atoms with E-state index < -0.39 is 0 Å². The first kappa shape index (κ1) is 30.8. The zero-order valence-corrected chi connectivity index (χ0v) is 25.7. The predicted molar refractivity (Wildman–Crippen MR) is 171 cm³/mol. The summed E-state index contributed by atoms with van der Waals surface area (Å²) in [4.78, 5) is 23.7. The lowest BCUT2D eigenvalue weighted by Gasteiger charge is -2.16. The maximum Gasteiger partial charge on any atom is 0.348 e. The fourth-order valence-electron chi connectivity index (χ4n) is 5.23. The highest BCUT2D eigenvalue weighted by molar-refractivity contribution is 5.92. The molecule has 0 bridgehead atoms. The molecule has 0 saturated heterocycles. The Bertz CT molecular complexity index is 1610. The van der Waals surface area contributed by atoms with E-state index in [1.165, 1.54) is 5.56 Å². The van der Waals surface area contributed by atoms with E-state index in [0.29, 0.717) is 0 Å². The first-order valence-electron chi connectivity index (χ1n) is 15.0. The van der Waals surface area contributed by atoms with Crippen LogP contribution >= 0.6 is 0 Å². The fourth-order valence-corrected chi connectivity index (χ4v) is 5.23. The second-order valence-electron chi connectivity index (χ2n) is 10.8. The van der Waals surface area contributed by atoms with Crippen LogP contribution < -0.4 is 5.69 Å². The third-order valence-corrected chi connectivity index (χ3v) is 7.59. The predicted octanol–water partition coefficient (Wildman–Crippen LogP) is 7.45. The maximum atomic E-state index is 12.4. The first-order valence-corrected chi connectivity index (χ1v) is 15.0. The van der Waals surface area contributed by atoms with Gasteiger partial charge in [-0.05, 0) is 57.5 Å². The second kappa shape index (κ2) is 14.7. The van der Waals surface area contributed by atoms with Crippen molar-refractivity contribution in [3.05, 3.63) is 112 Å². The van der Waals surface area contributed by atoms with Gasteiger partial charge in [-0.15, -0.1) is 0 Å². The molecule has 0 aliphatic carbocycles. The van der Waals surface area contributed by atoms with Gasteiger partial charge in [0.1, 0.15) is 0 Å². The van der Waals surface area contributed by atoms with Crippen LogP contribution in [0.25, 0.3) is 22.2 Å². The molecule has 0 fully saturated rings. The number of nitrogens with zero attached hydrogens (tertiary/aromatic N) is 5. The minimum atomic E-state index is -0.193. The van der Waals surface area contributed by atoms with Crippen LogP contribution in [-0.2, 0) is 6.42 Å². The Kier molecular flexibility index (Phi) is 10.8. The summed E-state index contributed by atoms with van der Waals surface area (Å²) < 4.78 is 7.18. The van der Waals surface area contributed by atoms with Crippen molar-refractivity contribution < 1.29 is 4.52 Å². The van der Waals surface area contributed by atoms with Gasteiger partial charge in [0, 0.05) is 35.9 Å². The molecule has 7 nitrogen and oxygen atoms in total. The molecule has 0 amide bonds. The van der Waals surface area contributed by atoms with Crippen molar-refractivity contribution in [1.29, 1.82) is 0 Å². The summed E-state index contributed by atoms with van der Waals surface area (Å²) in [6, 6.07) is 26.5. The Morgan fingerprint density at radius 1 is 0.881 bits per heavy atom. The Morgan fingerprint density at radius 2 is 1.55 bits per heavy atom. The first-order chi connectivity index (χ1) is 20.4. The monoisotopic (exact) mass is 565 g/mol. The average Bonchev–Trinajstić information content (AvgIpc) is 3.47. The molecule has 1 unspecified atom stereocenters. The molecular formula is C35H43N5O2. The van der Waals surface area contributed by atoms with E-state index in [2.05, 4.69) is 83.3 Å². The molecule has 0 N–H and O–H groups in total. The summed E-state index contributed by atoms with van der Waals surface area (Å²) in [5, 5.41) is 5.20. The van der Waals surface area contributed by atoms with Gasteiger partial charge in [-0.1, -0.05) is 98.7 Å². The summed E-state index contributed by atoms with van der Waals surface area (Å²) in [7, 11) is 0. The molecule has 5 rings (SSSR count). The zero-order valence-electron chi connectivity index (χ0n) is 25.7. The molecule has 0 aliphatic rings.